The molecule has 0 spiro atoms. The lowest BCUT2D eigenvalue weighted by molar-refractivity contribution is 0.330. The Balaban J connectivity index is 0.000000117. The molecule has 0 aliphatic heterocycles. The zero-order valence-electron chi connectivity index (χ0n) is 10.6. The molecule has 0 bridgehead atoms. The predicted molar refractivity (Wildman–Crippen MR) is 80.3 cm³/mol. The smallest absolute Gasteiger partial charge is 0.0801 e. The molecule has 0 amide bonds. The largest absolute Gasteiger partial charge is 0.392 e. The number of rotatable bonds is 1. The summed E-state index contributed by atoms with van der Waals surface area (Å²) in [4.78, 5) is 10.9. The van der Waals surface area contributed by atoms with Crippen molar-refractivity contribution in [3.63, 3.8) is 0 Å². The highest BCUT2D eigenvalue weighted by molar-refractivity contribution is 7.11. The summed E-state index contributed by atoms with van der Waals surface area (Å²) in [7, 11) is 0. The van der Waals surface area contributed by atoms with Gasteiger partial charge >= 0.3 is 0 Å². The fourth-order valence-corrected chi connectivity index (χ4v) is 3.76. The van der Waals surface area contributed by atoms with Gasteiger partial charge in [0.25, 0.3) is 0 Å². The molecule has 0 radical (unpaired) electrons. The summed E-state index contributed by atoms with van der Waals surface area (Å²) in [5, 5.41) is 8.77. The maximum atomic E-state index is 8.77. The van der Waals surface area contributed by atoms with Gasteiger partial charge in [-0.1, -0.05) is 5.57 Å². The summed E-state index contributed by atoms with van der Waals surface area (Å²) in [6.07, 6.45) is 6.15. The van der Waals surface area contributed by atoms with E-state index in [9.17, 15) is 0 Å². The van der Waals surface area contributed by atoms with Gasteiger partial charge in [-0.2, -0.15) is 0 Å². The third kappa shape index (κ3) is 2.68. The molecular formula is C14H14N2OS2. The maximum Gasteiger partial charge on any atom is 0.0801 e. The first-order valence-electron chi connectivity index (χ1n) is 6.08. The number of hydrogen-bond donors (Lipinski definition) is 1. The molecule has 19 heavy (non-hydrogen) atoms. The Morgan fingerprint density at radius 3 is 2.26 bits per heavy atom. The standard InChI is InChI=1S/C7H7NOS.C7H7NS/c9-3-5-1-6-7(2-5)10-4-8-6;1-5-2-6-7(3-5)9-4-8-6/h2,4,9H,1,3H2;3-4H,2H2,1H3. The van der Waals surface area contributed by atoms with Crippen LogP contribution >= 0.6 is 22.7 Å². The van der Waals surface area contributed by atoms with Crippen molar-refractivity contribution in [2.24, 2.45) is 0 Å². The third-order valence-corrected chi connectivity index (χ3v) is 4.74. The fourth-order valence-electron chi connectivity index (χ4n) is 2.15. The molecule has 0 unspecified atom stereocenters. The highest BCUT2D eigenvalue weighted by Crippen LogP contribution is 2.27. The van der Waals surface area contributed by atoms with Crippen molar-refractivity contribution < 1.29 is 5.11 Å². The lowest BCUT2D eigenvalue weighted by atomic mass is 10.2. The van der Waals surface area contributed by atoms with E-state index in [-0.39, 0.29) is 6.61 Å². The molecule has 2 aliphatic rings. The monoisotopic (exact) mass is 290 g/mol. The summed E-state index contributed by atoms with van der Waals surface area (Å²) in [5.41, 5.74) is 8.65. The molecule has 2 aromatic heterocycles. The predicted octanol–water partition coefficient (Wildman–Crippen LogP) is 3.18. The lowest BCUT2D eigenvalue weighted by Crippen LogP contribution is -1.89. The first-order chi connectivity index (χ1) is 9.26. The number of thiazole rings is 2. The van der Waals surface area contributed by atoms with Gasteiger partial charge < -0.3 is 5.11 Å². The van der Waals surface area contributed by atoms with Gasteiger partial charge in [-0.05, 0) is 24.6 Å². The topological polar surface area (TPSA) is 46.0 Å². The van der Waals surface area contributed by atoms with Crippen LogP contribution in [0.25, 0.3) is 12.2 Å². The average molecular weight is 290 g/mol. The van der Waals surface area contributed by atoms with Crippen molar-refractivity contribution in [2.45, 2.75) is 19.8 Å². The molecule has 0 saturated carbocycles. The first-order valence-corrected chi connectivity index (χ1v) is 7.84. The van der Waals surface area contributed by atoms with Crippen molar-refractivity contribution in [3.8, 4) is 0 Å². The number of aromatic nitrogens is 2. The van der Waals surface area contributed by atoms with Gasteiger partial charge in [0.05, 0.1) is 38.8 Å². The van der Waals surface area contributed by atoms with Gasteiger partial charge in [0.1, 0.15) is 0 Å². The van der Waals surface area contributed by atoms with Crippen LogP contribution in [0.4, 0.5) is 0 Å². The van der Waals surface area contributed by atoms with E-state index in [1.165, 1.54) is 21.0 Å². The maximum absolute atomic E-state index is 8.77. The summed E-state index contributed by atoms with van der Waals surface area (Å²) in [6, 6.07) is 0. The minimum atomic E-state index is 0.170. The van der Waals surface area contributed by atoms with Crippen LogP contribution < -0.4 is 0 Å². The molecule has 3 nitrogen and oxygen atoms in total. The lowest BCUT2D eigenvalue weighted by Gasteiger charge is -1.90. The summed E-state index contributed by atoms with van der Waals surface area (Å²) in [6.45, 7) is 2.32. The Hall–Kier alpha value is -1.30. The van der Waals surface area contributed by atoms with Crippen LogP contribution in [-0.4, -0.2) is 21.7 Å². The van der Waals surface area contributed by atoms with Gasteiger partial charge in [-0.25, -0.2) is 9.97 Å². The highest BCUT2D eigenvalue weighted by Gasteiger charge is 2.13. The van der Waals surface area contributed by atoms with Gasteiger partial charge in [-0.3, -0.25) is 0 Å². The molecular weight excluding hydrogens is 276 g/mol. The van der Waals surface area contributed by atoms with Crippen molar-refractivity contribution in [1.29, 1.82) is 0 Å². The summed E-state index contributed by atoms with van der Waals surface area (Å²) >= 11 is 3.36. The molecule has 0 atom stereocenters. The van der Waals surface area contributed by atoms with E-state index in [0.717, 1.165) is 24.1 Å². The molecule has 2 heterocycles. The molecule has 98 valence electrons. The molecule has 0 aromatic carbocycles. The van der Waals surface area contributed by atoms with E-state index in [4.69, 9.17) is 5.11 Å². The number of aliphatic hydroxyl groups is 1. The highest BCUT2D eigenvalue weighted by atomic mass is 32.1. The first kappa shape index (κ1) is 12.7. The van der Waals surface area contributed by atoms with E-state index in [1.807, 2.05) is 17.1 Å². The number of nitrogens with zero attached hydrogens (tertiary/aromatic N) is 2. The van der Waals surface area contributed by atoms with Crippen LogP contribution in [0, 0.1) is 0 Å². The second kappa shape index (κ2) is 5.36. The molecule has 2 aliphatic carbocycles. The van der Waals surface area contributed by atoms with Gasteiger partial charge in [0, 0.05) is 12.8 Å². The Morgan fingerprint density at radius 1 is 1.05 bits per heavy atom. The normalized spacial score (nSPS) is 15.3. The zero-order chi connectivity index (χ0) is 13.2. The summed E-state index contributed by atoms with van der Waals surface area (Å²) < 4.78 is 0. The van der Waals surface area contributed by atoms with Crippen LogP contribution in [0.5, 0.6) is 0 Å². The number of allylic oxidation sites excluding steroid dienone is 1. The molecule has 0 fully saturated rings. The second-order valence-corrected chi connectivity index (χ2v) is 6.40. The van der Waals surface area contributed by atoms with Crippen LogP contribution in [0.3, 0.4) is 0 Å². The Bertz CT molecular complexity index is 652. The Labute approximate surface area is 120 Å². The molecule has 0 saturated heterocycles. The number of fused-ring (bicyclic) bond motifs is 2. The van der Waals surface area contributed by atoms with Gasteiger partial charge in [-0.15, -0.1) is 22.7 Å². The van der Waals surface area contributed by atoms with E-state index in [1.54, 1.807) is 22.7 Å². The third-order valence-electron chi connectivity index (χ3n) is 3.10. The number of aliphatic hydroxyl groups excluding tert-OH is 1. The van der Waals surface area contributed by atoms with E-state index in [0.29, 0.717) is 0 Å². The molecule has 4 rings (SSSR count). The SMILES string of the molecule is CC1=Cc2scnc2C1.OCC1=Cc2scnc2C1. The minimum absolute atomic E-state index is 0.170. The minimum Gasteiger partial charge on any atom is -0.392 e. The average Bonchev–Trinajstić information content (AvgIpc) is 3.06. The van der Waals surface area contributed by atoms with Gasteiger partial charge in [0.2, 0.25) is 0 Å². The van der Waals surface area contributed by atoms with Crippen molar-refractivity contribution in [2.75, 3.05) is 6.61 Å². The second-order valence-electron chi connectivity index (χ2n) is 4.63. The van der Waals surface area contributed by atoms with E-state index < -0.39 is 0 Å². The molecule has 5 heteroatoms. The quantitative estimate of drug-likeness (QED) is 0.877. The zero-order valence-corrected chi connectivity index (χ0v) is 12.2. The van der Waals surface area contributed by atoms with E-state index >= 15 is 0 Å². The Morgan fingerprint density at radius 2 is 1.68 bits per heavy atom. The van der Waals surface area contributed by atoms with Crippen LogP contribution in [0.15, 0.2) is 22.2 Å². The van der Waals surface area contributed by atoms with Crippen molar-refractivity contribution in [1.82, 2.24) is 9.97 Å². The van der Waals surface area contributed by atoms with Gasteiger partial charge in [0.15, 0.2) is 0 Å². The Kier molecular flexibility index (Phi) is 3.59. The molecule has 2 aromatic rings. The summed E-state index contributed by atoms with van der Waals surface area (Å²) in [5.74, 6) is 0. The fraction of sp³-hybridized carbons (Fsp3) is 0.286. The van der Waals surface area contributed by atoms with E-state index in [2.05, 4.69) is 23.0 Å². The van der Waals surface area contributed by atoms with Crippen molar-refractivity contribution in [3.05, 3.63) is 43.3 Å². The van der Waals surface area contributed by atoms with Crippen LogP contribution in [-0.2, 0) is 12.8 Å². The van der Waals surface area contributed by atoms with Crippen LogP contribution in [0.2, 0.25) is 0 Å². The molecule has 1 N–H and O–H groups in total. The van der Waals surface area contributed by atoms with Crippen molar-refractivity contribution >= 4 is 34.8 Å². The van der Waals surface area contributed by atoms with Crippen LogP contribution in [0.1, 0.15) is 28.1 Å². The number of hydrogen-bond acceptors (Lipinski definition) is 5.